The third-order valence-corrected chi connectivity index (χ3v) is 3.02. The van der Waals surface area contributed by atoms with E-state index in [1.807, 2.05) is 30.3 Å². The van der Waals surface area contributed by atoms with Gasteiger partial charge in [0.15, 0.2) is 5.57 Å². The maximum absolute atomic E-state index is 11.9. The van der Waals surface area contributed by atoms with Gasteiger partial charge in [0.25, 0.3) is 0 Å². The molecule has 0 spiro atoms. The van der Waals surface area contributed by atoms with Crippen LogP contribution in [-0.4, -0.2) is 34.9 Å². The summed E-state index contributed by atoms with van der Waals surface area (Å²) in [6.45, 7) is 3.54. The Morgan fingerprint density at radius 1 is 1.16 bits per heavy atom. The van der Waals surface area contributed by atoms with E-state index >= 15 is 0 Å². The van der Waals surface area contributed by atoms with Crippen molar-refractivity contribution in [2.75, 3.05) is 13.2 Å². The Morgan fingerprint density at radius 2 is 1.76 bits per heavy atom. The minimum Gasteiger partial charge on any atom is -0.462 e. The largest absolute Gasteiger partial charge is 0.462 e. The fraction of sp³-hybridized carbons (Fsp3) is 0.294. The van der Waals surface area contributed by atoms with Crippen molar-refractivity contribution < 1.29 is 23.5 Å². The van der Waals surface area contributed by atoms with Crippen molar-refractivity contribution >= 4 is 11.9 Å². The average Bonchev–Trinajstić information content (AvgIpc) is 2.97. The fourth-order valence-corrected chi connectivity index (χ4v) is 1.89. The van der Waals surface area contributed by atoms with Crippen LogP contribution in [0.25, 0.3) is 11.5 Å². The van der Waals surface area contributed by atoms with E-state index in [1.54, 1.807) is 20.9 Å². The topological polar surface area (TPSA) is 95.9 Å². The second-order valence-electron chi connectivity index (χ2n) is 4.79. The number of aromatic nitrogens is 2. The van der Waals surface area contributed by atoms with Crippen molar-refractivity contribution in [3.63, 3.8) is 0 Å². The second-order valence-corrected chi connectivity index (χ2v) is 4.79. The summed E-state index contributed by atoms with van der Waals surface area (Å²) in [7, 11) is 1.64. The maximum Gasteiger partial charge on any atom is 0.347 e. The summed E-state index contributed by atoms with van der Waals surface area (Å²) in [5, 5.41) is 4.22. The lowest BCUT2D eigenvalue weighted by molar-refractivity contribution is -0.146. The zero-order valence-corrected chi connectivity index (χ0v) is 14.3. The van der Waals surface area contributed by atoms with Gasteiger partial charge in [0.1, 0.15) is 0 Å². The molecular weight excluding hydrogens is 326 g/mol. The lowest BCUT2D eigenvalue weighted by atomic mass is 10.2. The fourth-order valence-electron chi connectivity index (χ4n) is 1.89. The average molecular weight is 345 g/mol. The molecule has 0 bridgehead atoms. The Morgan fingerprint density at radius 3 is 2.32 bits per heavy atom. The number of carbonyl (C=O) groups is 2. The van der Waals surface area contributed by atoms with Gasteiger partial charge in [-0.05, 0) is 26.0 Å². The maximum atomic E-state index is 11.9. The Balaban J connectivity index is 2.39. The molecule has 8 heteroatoms. The molecule has 0 atom stereocenters. The van der Waals surface area contributed by atoms with Gasteiger partial charge in [0.05, 0.1) is 19.4 Å². The van der Waals surface area contributed by atoms with Crippen LogP contribution in [0.2, 0.25) is 0 Å². The minimum atomic E-state index is -0.810. The zero-order chi connectivity index (χ0) is 18.2. The monoisotopic (exact) mass is 345 g/mol. The molecule has 0 N–H and O–H groups in total. The lowest BCUT2D eigenvalue weighted by Crippen LogP contribution is -2.19. The van der Waals surface area contributed by atoms with Crippen LogP contribution in [0.4, 0.5) is 0 Å². The molecule has 132 valence electrons. The predicted octanol–water partition coefficient (Wildman–Crippen LogP) is 1.59. The quantitative estimate of drug-likeness (QED) is 0.341. The molecular formula is C17H19N3O5. The van der Waals surface area contributed by atoms with Gasteiger partial charge in [-0.15, -0.1) is 5.10 Å². The SMILES string of the molecule is CCOC(=O)C(=CN=c1oc(-c2ccccc2)nn1C)C(=O)OCC. The Kier molecular flexibility index (Phi) is 6.27. The number of ether oxygens (including phenoxy) is 2. The molecule has 0 aliphatic rings. The molecule has 0 aliphatic carbocycles. The molecule has 0 amide bonds. The highest BCUT2D eigenvalue weighted by Gasteiger charge is 2.21. The molecule has 0 unspecified atom stereocenters. The summed E-state index contributed by atoms with van der Waals surface area (Å²) >= 11 is 0. The van der Waals surface area contributed by atoms with Gasteiger partial charge < -0.3 is 13.9 Å². The van der Waals surface area contributed by atoms with Gasteiger partial charge in [-0.2, -0.15) is 0 Å². The van der Waals surface area contributed by atoms with Crippen molar-refractivity contribution in [2.24, 2.45) is 12.0 Å². The van der Waals surface area contributed by atoms with E-state index in [4.69, 9.17) is 13.9 Å². The first kappa shape index (κ1) is 18.2. The van der Waals surface area contributed by atoms with Crippen LogP contribution in [0.5, 0.6) is 0 Å². The second kappa shape index (κ2) is 8.62. The summed E-state index contributed by atoms with van der Waals surface area (Å²) in [4.78, 5) is 27.8. The van der Waals surface area contributed by atoms with E-state index < -0.39 is 11.9 Å². The highest BCUT2D eigenvalue weighted by Crippen LogP contribution is 2.13. The van der Waals surface area contributed by atoms with Crippen LogP contribution >= 0.6 is 0 Å². The molecule has 1 aromatic carbocycles. The van der Waals surface area contributed by atoms with E-state index in [0.717, 1.165) is 11.8 Å². The van der Waals surface area contributed by atoms with Crippen molar-refractivity contribution in [2.45, 2.75) is 13.8 Å². The molecule has 0 saturated carbocycles. The molecule has 2 rings (SSSR count). The van der Waals surface area contributed by atoms with E-state index in [0.29, 0.717) is 5.89 Å². The van der Waals surface area contributed by atoms with Crippen LogP contribution in [-0.2, 0) is 26.1 Å². The number of benzene rings is 1. The lowest BCUT2D eigenvalue weighted by Gasteiger charge is -2.04. The highest BCUT2D eigenvalue weighted by molar-refractivity contribution is 6.13. The molecule has 8 nitrogen and oxygen atoms in total. The van der Waals surface area contributed by atoms with Crippen LogP contribution in [0.3, 0.4) is 0 Å². The summed E-state index contributed by atoms with van der Waals surface area (Å²) in [5.74, 6) is -1.26. The van der Waals surface area contributed by atoms with Crippen molar-refractivity contribution in [3.05, 3.63) is 47.8 Å². The normalized spacial score (nSPS) is 11.1. The first-order valence-electron chi connectivity index (χ1n) is 7.74. The number of hydrogen-bond acceptors (Lipinski definition) is 7. The molecule has 0 saturated heterocycles. The van der Waals surface area contributed by atoms with Gasteiger partial charge in [-0.3, -0.25) is 0 Å². The Labute approximate surface area is 144 Å². The number of rotatable bonds is 6. The molecule has 2 aromatic rings. The number of hydrogen-bond donors (Lipinski definition) is 0. The minimum absolute atomic E-state index is 0.116. The zero-order valence-electron chi connectivity index (χ0n) is 14.3. The number of aryl methyl sites for hydroxylation is 1. The van der Waals surface area contributed by atoms with Crippen molar-refractivity contribution in [1.29, 1.82) is 0 Å². The van der Waals surface area contributed by atoms with Gasteiger partial charge in [0, 0.05) is 12.6 Å². The summed E-state index contributed by atoms with van der Waals surface area (Å²) in [6.07, 6.45) is 1.06. The van der Waals surface area contributed by atoms with Gasteiger partial charge >= 0.3 is 17.6 Å². The molecule has 0 radical (unpaired) electrons. The van der Waals surface area contributed by atoms with E-state index in [9.17, 15) is 9.59 Å². The first-order valence-corrected chi connectivity index (χ1v) is 7.74. The standard InChI is InChI=1S/C17H19N3O5/c1-4-23-15(21)13(16(22)24-5-2)11-18-17-20(3)19-14(25-17)12-9-7-6-8-10-12/h6-11H,4-5H2,1-3H3. The van der Waals surface area contributed by atoms with E-state index in [-0.39, 0.29) is 24.5 Å². The first-order chi connectivity index (χ1) is 12.1. The van der Waals surface area contributed by atoms with E-state index in [1.165, 1.54) is 4.68 Å². The van der Waals surface area contributed by atoms with Gasteiger partial charge in [-0.25, -0.2) is 19.3 Å². The van der Waals surface area contributed by atoms with Crippen LogP contribution < -0.4 is 5.68 Å². The Hall–Kier alpha value is -3.16. The predicted molar refractivity (Wildman–Crippen MR) is 87.8 cm³/mol. The molecule has 25 heavy (non-hydrogen) atoms. The van der Waals surface area contributed by atoms with Gasteiger partial charge in [0.2, 0.25) is 5.89 Å². The number of nitrogens with zero attached hydrogens (tertiary/aromatic N) is 3. The molecule has 1 aromatic heterocycles. The number of esters is 2. The summed E-state index contributed by atoms with van der Waals surface area (Å²) < 4.78 is 16.6. The third kappa shape index (κ3) is 4.66. The molecule has 1 heterocycles. The van der Waals surface area contributed by atoms with Crippen LogP contribution in [0, 0.1) is 0 Å². The van der Waals surface area contributed by atoms with Crippen molar-refractivity contribution in [1.82, 2.24) is 9.78 Å². The van der Waals surface area contributed by atoms with E-state index in [2.05, 4.69) is 10.1 Å². The van der Waals surface area contributed by atoms with Crippen molar-refractivity contribution in [3.8, 4) is 11.5 Å². The molecule has 0 fully saturated rings. The number of carbonyl (C=O) groups excluding carboxylic acids is 2. The summed E-state index contributed by atoms with van der Waals surface area (Å²) in [6, 6.07) is 9.28. The molecule has 0 aliphatic heterocycles. The van der Waals surface area contributed by atoms with Crippen LogP contribution in [0.15, 0.2) is 51.5 Å². The smallest absolute Gasteiger partial charge is 0.347 e. The third-order valence-electron chi connectivity index (χ3n) is 3.02. The van der Waals surface area contributed by atoms with Crippen LogP contribution in [0.1, 0.15) is 13.8 Å². The Bertz CT molecular complexity index is 813. The highest BCUT2D eigenvalue weighted by atomic mass is 16.6. The summed E-state index contributed by atoms with van der Waals surface area (Å²) in [5.41, 5.74) is 0.575. The van der Waals surface area contributed by atoms with Gasteiger partial charge in [-0.1, -0.05) is 18.2 Å².